The van der Waals surface area contributed by atoms with E-state index < -0.39 is 5.41 Å². The summed E-state index contributed by atoms with van der Waals surface area (Å²) >= 11 is 0. The van der Waals surface area contributed by atoms with Gasteiger partial charge in [-0.2, -0.15) is 5.26 Å². The van der Waals surface area contributed by atoms with Crippen molar-refractivity contribution in [2.24, 2.45) is 11.3 Å². The summed E-state index contributed by atoms with van der Waals surface area (Å²) in [6, 6.07) is 2.07. The van der Waals surface area contributed by atoms with Crippen molar-refractivity contribution in [1.29, 1.82) is 5.26 Å². The Bertz CT molecular complexity index is 231. The van der Waals surface area contributed by atoms with E-state index in [1.54, 1.807) is 6.92 Å². The summed E-state index contributed by atoms with van der Waals surface area (Å²) in [5.41, 5.74) is -0.823. The predicted octanol–water partition coefficient (Wildman–Crippen LogP) is 1.49. The first-order valence-corrected chi connectivity index (χ1v) is 4.26. The third kappa shape index (κ3) is 1.08. The van der Waals surface area contributed by atoms with E-state index >= 15 is 0 Å². The second kappa shape index (κ2) is 3.14. The molecule has 0 aromatic rings. The van der Waals surface area contributed by atoms with E-state index in [-0.39, 0.29) is 11.9 Å². The van der Waals surface area contributed by atoms with E-state index in [9.17, 15) is 4.79 Å². The highest BCUT2D eigenvalue weighted by Gasteiger charge is 2.52. The van der Waals surface area contributed by atoms with Crippen molar-refractivity contribution >= 4 is 5.97 Å². The van der Waals surface area contributed by atoms with E-state index in [1.165, 1.54) is 0 Å². The minimum absolute atomic E-state index is 0.154. The second-order valence-corrected chi connectivity index (χ2v) is 3.24. The molecule has 2 atom stereocenters. The summed E-state index contributed by atoms with van der Waals surface area (Å²) in [4.78, 5) is 11.3. The topological polar surface area (TPSA) is 50.1 Å². The maximum Gasteiger partial charge on any atom is 0.326 e. The third-order valence-corrected chi connectivity index (χ3v) is 2.65. The monoisotopic (exact) mass is 167 g/mol. The van der Waals surface area contributed by atoms with Crippen molar-refractivity contribution in [3.05, 3.63) is 0 Å². The van der Waals surface area contributed by atoms with Gasteiger partial charge >= 0.3 is 5.97 Å². The standard InChI is InChI=1S/C9H13NO2/c1-3-12-8(11)9(6-10)5-4-7(9)2/h7H,3-5H2,1-2H3. The van der Waals surface area contributed by atoms with Crippen molar-refractivity contribution in [1.82, 2.24) is 0 Å². The van der Waals surface area contributed by atoms with Gasteiger partial charge in [0.25, 0.3) is 0 Å². The number of esters is 1. The number of rotatable bonds is 2. The summed E-state index contributed by atoms with van der Waals surface area (Å²) < 4.78 is 4.85. The van der Waals surface area contributed by atoms with Gasteiger partial charge in [0.05, 0.1) is 12.7 Å². The lowest BCUT2D eigenvalue weighted by atomic mass is 9.62. The largest absolute Gasteiger partial charge is 0.465 e. The van der Waals surface area contributed by atoms with Crippen LogP contribution in [0.1, 0.15) is 26.7 Å². The molecule has 1 saturated carbocycles. The first kappa shape index (κ1) is 9.05. The highest BCUT2D eigenvalue weighted by atomic mass is 16.5. The quantitative estimate of drug-likeness (QED) is 0.585. The Morgan fingerprint density at radius 3 is 2.75 bits per heavy atom. The molecule has 0 aliphatic heterocycles. The molecule has 0 amide bonds. The molecule has 0 saturated heterocycles. The van der Waals surface area contributed by atoms with Crippen molar-refractivity contribution < 1.29 is 9.53 Å². The van der Waals surface area contributed by atoms with Gasteiger partial charge in [0.2, 0.25) is 0 Å². The SMILES string of the molecule is CCOC(=O)C1(C#N)CCC1C. The first-order valence-electron chi connectivity index (χ1n) is 4.26. The van der Waals surface area contributed by atoms with Crippen molar-refractivity contribution in [3.8, 4) is 6.07 Å². The third-order valence-electron chi connectivity index (χ3n) is 2.65. The van der Waals surface area contributed by atoms with Crippen molar-refractivity contribution in [3.63, 3.8) is 0 Å². The van der Waals surface area contributed by atoms with E-state index in [1.807, 2.05) is 6.92 Å². The highest BCUT2D eigenvalue weighted by Crippen LogP contribution is 2.46. The van der Waals surface area contributed by atoms with Crippen LogP contribution >= 0.6 is 0 Å². The number of hydrogen-bond donors (Lipinski definition) is 0. The molecule has 1 aliphatic carbocycles. The summed E-state index contributed by atoms with van der Waals surface area (Å²) in [5.74, 6) is -0.187. The smallest absolute Gasteiger partial charge is 0.326 e. The average Bonchev–Trinajstić information content (AvgIpc) is 2.04. The molecular weight excluding hydrogens is 154 g/mol. The summed E-state index contributed by atoms with van der Waals surface area (Å²) in [7, 11) is 0. The average molecular weight is 167 g/mol. The molecule has 3 heteroatoms. The van der Waals surface area contributed by atoms with Gasteiger partial charge < -0.3 is 4.74 Å². The van der Waals surface area contributed by atoms with Gasteiger partial charge in [0.15, 0.2) is 5.41 Å². The Labute approximate surface area is 72.3 Å². The molecule has 1 aliphatic rings. The molecule has 12 heavy (non-hydrogen) atoms. The molecule has 0 bridgehead atoms. The fourth-order valence-electron chi connectivity index (χ4n) is 1.50. The van der Waals surface area contributed by atoms with E-state index in [0.29, 0.717) is 13.0 Å². The molecular formula is C9H13NO2. The number of nitriles is 1. The summed E-state index contributed by atoms with van der Waals surface area (Å²) in [5, 5.41) is 8.85. The number of nitrogens with zero attached hydrogens (tertiary/aromatic N) is 1. The Kier molecular flexibility index (Phi) is 2.37. The molecule has 3 nitrogen and oxygen atoms in total. The zero-order valence-corrected chi connectivity index (χ0v) is 7.46. The molecule has 2 unspecified atom stereocenters. The number of carbonyl (C=O) groups is 1. The zero-order valence-electron chi connectivity index (χ0n) is 7.46. The van der Waals surface area contributed by atoms with E-state index in [2.05, 4.69) is 6.07 Å². The van der Waals surface area contributed by atoms with Gasteiger partial charge in [-0.05, 0) is 25.7 Å². The van der Waals surface area contributed by atoms with Crippen LogP contribution in [0.4, 0.5) is 0 Å². The first-order chi connectivity index (χ1) is 5.67. The molecule has 0 aromatic carbocycles. The van der Waals surface area contributed by atoms with Crippen molar-refractivity contribution in [2.45, 2.75) is 26.7 Å². The highest BCUT2D eigenvalue weighted by molar-refractivity contribution is 5.81. The van der Waals surface area contributed by atoms with Crippen molar-refractivity contribution in [2.75, 3.05) is 6.61 Å². The molecule has 66 valence electrons. The van der Waals surface area contributed by atoms with Gasteiger partial charge in [-0.1, -0.05) is 6.92 Å². The molecule has 1 rings (SSSR count). The van der Waals surface area contributed by atoms with Gasteiger partial charge in [-0.25, -0.2) is 0 Å². The normalized spacial score (nSPS) is 33.2. The molecule has 0 N–H and O–H groups in total. The van der Waals surface area contributed by atoms with Crippen LogP contribution in [0.5, 0.6) is 0 Å². The Balaban J connectivity index is 2.69. The lowest BCUT2D eigenvalue weighted by Crippen LogP contribution is -2.45. The number of ether oxygens (including phenoxy) is 1. The summed E-state index contributed by atoms with van der Waals surface area (Å²) in [6.07, 6.45) is 1.61. The Morgan fingerprint density at radius 2 is 2.50 bits per heavy atom. The van der Waals surface area contributed by atoms with Gasteiger partial charge in [-0.15, -0.1) is 0 Å². The fraction of sp³-hybridized carbons (Fsp3) is 0.778. The maximum absolute atomic E-state index is 11.3. The van der Waals surface area contributed by atoms with Crippen LogP contribution in [0.15, 0.2) is 0 Å². The van der Waals surface area contributed by atoms with Gasteiger partial charge in [0, 0.05) is 0 Å². The van der Waals surface area contributed by atoms with Crippen LogP contribution in [0, 0.1) is 22.7 Å². The zero-order chi connectivity index (χ0) is 9.19. The lowest BCUT2D eigenvalue weighted by molar-refractivity contribution is -0.160. The molecule has 0 aromatic heterocycles. The molecule has 0 heterocycles. The molecule has 0 spiro atoms. The number of carbonyl (C=O) groups excluding carboxylic acids is 1. The number of hydrogen-bond acceptors (Lipinski definition) is 3. The van der Waals surface area contributed by atoms with Crippen LogP contribution in [0.2, 0.25) is 0 Å². The lowest BCUT2D eigenvalue weighted by Gasteiger charge is -2.39. The van der Waals surface area contributed by atoms with E-state index in [0.717, 1.165) is 6.42 Å². The van der Waals surface area contributed by atoms with Crippen LogP contribution in [-0.4, -0.2) is 12.6 Å². The van der Waals surface area contributed by atoms with Crippen LogP contribution in [0.3, 0.4) is 0 Å². The predicted molar refractivity (Wildman–Crippen MR) is 43.1 cm³/mol. The Morgan fingerprint density at radius 1 is 1.83 bits per heavy atom. The van der Waals surface area contributed by atoms with Gasteiger partial charge in [0.1, 0.15) is 0 Å². The van der Waals surface area contributed by atoms with Gasteiger partial charge in [-0.3, -0.25) is 4.79 Å². The van der Waals surface area contributed by atoms with Crippen LogP contribution in [-0.2, 0) is 9.53 Å². The Hall–Kier alpha value is -1.04. The molecule has 0 radical (unpaired) electrons. The van der Waals surface area contributed by atoms with Crippen LogP contribution in [0.25, 0.3) is 0 Å². The summed E-state index contributed by atoms with van der Waals surface area (Å²) in [6.45, 7) is 4.03. The van der Waals surface area contributed by atoms with Crippen LogP contribution < -0.4 is 0 Å². The fourth-order valence-corrected chi connectivity index (χ4v) is 1.50. The molecule has 1 fully saturated rings. The minimum Gasteiger partial charge on any atom is -0.465 e. The second-order valence-electron chi connectivity index (χ2n) is 3.24. The minimum atomic E-state index is -0.823. The van der Waals surface area contributed by atoms with E-state index in [4.69, 9.17) is 10.00 Å². The maximum atomic E-state index is 11.3.